The number of nitriles is 1. The van der Waals surface area contributed by atoms with Gasteiger partial charge in [-0.05, 0) is 13.8 Å². The fourth-order valence-electron chi connectivity index (χ4n) is 2.06. The van der Waals surface area contributed by atoms with Crippen molar-refractivity contribution in [3.8, 4) is 17.6 Å². The standard InChI is InChI=1S/C15H17N3O6/c1-4-17(5-2)15(21)10(8-16)14(20)9-6-11(18(22)23)12(19)7-13(9)24-3/h6-7,19-20H,4-5H2,1-3H3/b14-10-. The second kappa shape index (κ2) is 7.82. The monoisotopic (exact) mass is 335 g/mol. The molecule has 0 fully saturated rings. The lowest BCUT2D eigenvalue weighted by molar-refractivity contribution is -0.385. The van der Waals surface area contributed by atoms with E-state index in [1.165, 1.54) is 12.0 Å². The number of nitrogens with zero attached hydrogens (tertiary/aromatic N) is 3. The molecular formula is C15H17N3O6. The summed E-state index contributed by atoms with van der Waals surface area (Å²) in [6.45, 7) is 4.06. The molecule has 128 valence electrons. The van der Waals surface area contributed by atoms with Crippen LogP contribution in [0.4, 0.5) is 5.69 Å². The highest BCUT2D eigenvalue weighted by Crippen LogP contribution is 2.37. The summed E-state index contributed by atoms with van der Waals surface area (Å²) in [5, 5.41) is 40.1. The van der Waals surface area contributed by atoms with Crippen LogP contribution in [0.5, 0.6) is 11.5 Å². The maximum Gasteiger partial charge on any atom is 0.311 e. The van der Waals surface area contributed by atoms with E-state index >= 15 is 0 Å². The molecule has 0 heterocycles. The third-order valence-electron chi connectivity index (χ3n) is 3.36. The Morgan fingerprint density at radius 2 is 2.00 bits per heavy atom. The molecule has 0 aromatic heterocycles. The lowest BCUT2D eigenvalue weighted by Gasteiger charge is -2.18. The molecule has 9 heteroatoms. The van der Waals surface area contributed by atoms with Crippen LogP contribution in [0.25, 0.3) is 5.76 Å². The maximum atomic E-state index is 12.3. The fraction of sp³-hybridized carbons (Fsp3) is 0.333. The van der Waals surface area contributed by atoms with Crippen molar-refractivity contribution < 1.29 is 24.7 Å². The van der Waals surface area contributed by atoms with Crippen LogP contribution in [0.3, 0.4) is 0 Å². The third-order valence-corrected chi connectivity index (χ3v) is 3.36. The Balaban J connectivity index is 3.61. The van der Waals surface area contributed by atoms with Gasteiger partial charge in [-0.15, -0.1) is 0 Å². The summed E-state index contributed by atoms with van der Waals surface area (Å²) in [6.07, 6.45) is 0. The van der Waals surface area contributed by atoms with E-state index in [-0.39, 0.29) is 11.3 Å². The number of aromatic hydroxyl groups is 1. The molecule has 0 radical (unpaired) electrons. The van der Waals surface area contributed by atoms with Gasteiger partial charge in [0.25, 0.3) is 5.91 Å². The van der Waals surface area contributed by atoms with Gasteiger partial charge in [-0.2, -0.15) is 5.26 Å². The van der Waals surface area contributed by atoms with Gasteiger partial charge in [0, 0.05) is 25.2 Å². The van der Waals surface area contributed by atoms with E-state index in [1.54, 1.807) is 19.9 Å². The van der Waals surface area contributed by atoms with Gasteiger partial charge in [-0.25, -0.2) is 0 Å². The number of likely N-dealkylation sites (N-methyl/N-ethyl adjacent to an activating group) is 1. The number of phenolic OH excluding ortho intramolecular Hbond substituents is 1. The second-order valence-electron chi connectivity index (χ2n) is 4.61. The first-order valence-electron chi connectivity index (χ1n) is 7.00. The Bertz CT molecular complexity index is 731. The van der Waals surface area contributed by atoms with E-state index in [9.17, 15) is 30.4 Å². The van der Waals surface area contributed by atoms with Crippen LogP contribution < -0.4 is 4.74 Å². The summed E-state index contributed by atoms with van der Waals surface area (Å²) in [4.78, 5) is 23.7. The number of amides is 1. The van der Waals surface area contributed by atoms with Crippen molar-refractivity contribution in [3.05, 3.63) is 33.4 Å². The largest absolute Gasteiger partial charge is 0.506 e. The summed E-state index contributed by atoms with van der Waals surface area (Å²) in [5.41, 5.74) is -1.50. The summed E-state index contributed by atoms with van der Waals surface area (Å²) in [5.74, 6) is -2.25. The average molecular weight is 335 g/mol. The molecule has 0 saturated heterocycles. The van der Waals surface area contributed by atoms with Crippen molar-refractivity contribution in [1.29, 1.82) is 5.26 Å². The first kappa shape index (κ1) is 18.8. The number of methoxy groups -OCH3 is 1. The molecule has 0 unspecified atom stereocenters. The van der Waals surface area contributed by atoms with Gasteiger partial charge in [-0.3, -0.25) is 14.9 Å². The molecule has 24 heavy (non-hydrogen) atoms. The molecule has 0 aliphatic heterocycles. The number of nitro benzene ring substituents is 1. The van der Waals surface area contributed by atoms with Crippen molar-refractivity contribution in [1.82, 2.24) is 4.90 Å². The molecule has 9 nitrogen and oxygen atoms in total. The first-order valence-corrected chi connectivity index (χ1v) is 7.00. The Morgan fingerprint density at radius 1 is 1.42 bits per heavy atom. The quantitative estimate of drug-likeness (QED) is 0.266. The highest BCUT2D eigenvalue weighted by molar-refractivity contribution is 6.04. The van der Waals surface area contributed by atoms with Gasteiger partial charge in [0.1, 0.15) is 17.6 Å². The van der Waals surface area contributed by atoms with Crippen LogP contribution in [0.15, 0.2) is 17.7 Å². The predicted molar refractivity (Wildman–Crippen MR) is 84.4 cm³/mol. The number of phenols is 1. The minimum Gasteiger partial charge on any atom is -0.506 e. The topological polar surface area (TPSA) is 137 Å². The van der Waals surface area contributed by atoms with Crippen molar-refractivity contribution in [3.63, 3.8) is 0 Å². The van der Waals surface area contributed by atoms with Crippen LogP contribution >= 0.6 is 0 Å². The SMILES string of the molecule is CCN(CC)C(=O)/C(C#N)=C(\O)c1cc([N+](=O)[O-])c(O)cc1OC. The van der Waals surface area contributed by atoms with Crippen LogP contribution in [-0.4, -0.2) is 46.1 Å². The van der Waals surface area contributed by atoms with Gasteiger partial charge < -0.3 is 19.8 Å². The van der Waals surface area contributed by atoms with E-state index < -0.39 is 33.6 Å². The zero-order valence-corrected chi connectivity index (χ0v) is 13.4. The number of aliphatic hydroxyl groups excluding tert-OH is 1. The minimum atomic E-state index is -0.857. The number of ether oxygens (including phenoxy) is 1. The minimum absolute atomic E-state index is 0.115. The zero-order valence-electron chi connectivity index (χ0n) is 13.4. The molecule has 0 aliphatic carbocycles. The van der Waals surface area contributed by atoms with Gasteiger partial charge in [-0.1, -0.05) is 0 Å². The molecule has 1 aromatic carbocycles. The van der Waals surface area contributed by atoms with Crippen LogP contribution in [-0.2, 0) is 4.79 Å². The number of aliphatic hydroxyl groups is 1. The molecule has 1 amide bonds. The highest BCUT2D eigenvalue weighted by Gasteiger charge is 2.26. The molecule has 0 saturated carbocycles. The summed E-state index contributed by atoms with van der Waals surface area (Å²) < 4.78 is 4.96. The molecule has 0 atom stereocenters. The zero-order chi connectivity index (χ0) is 18.4. The highest BCUT2D eigenvalue weighted by atomic mass is 16.6. The normalized spacial score (nSPS) is 11.2. The number of nitro groups is 1. The molecule has 2 N–H and O–H groups in total. The molecule has 0 bridgehead atoms. The third kappa shape index (κ3) is 3.55. The van der Waals surface area contributed by atoms with Crippen molar-refractivity contribution >= 4 is 17.4 Å². The van der Waals surface area contributed by atoms with E-state index in [2.05, 4.69) is 0 Å². The van der Waals surface area contributed by atoms with Crippen molar-refractivity contribution in [2.75, 3.05) is 20.2 Å². The number of carbonyl (C=O) groups is 1. The van der Waals surface area contributed by atoms with Crippen molar-refractivity contribution in [2.45, 2.75) is 13.8 Å². The Kier molecular flexibility index (Phi) is 6.12. The van der Waals surface area contributed by atoms with Crippen LogP contribution in [0.1, 0.15) is 19.4 Å². The Labute approximate surface area is 138 Å². The van der Waals surface area contributed by atoms with Crippen molar-refractivity contribution in [2.24, 2.45) is 0 Å². The lowest BCUT2D eigenvalue weighted by atomic mass is 10.1. The molecular weight excluding hydrogens is 318 g/mol. The van der Waals surface area contributed by atoms with Gasteiger partial charge in [0.05, 0.1) is 17.6 Å². The molecule has 1 rings (SSSR count). The summed E-state index contributed by atoms with van der Waals surface area (Å²) in [6, 6.07) is 3.39. The number of rotatable bonds is 6. The predicted octanol–water partition coefficient (Wildman–Crippen LogP) is 1.97. The molecule has 0 spiro atoms. The van der Waals surface area contributed by atoms with Gasteiger partial charge in [0.2, 0.25) is 0 Å². The maximum absolute atomic E-state index is 12.3. The number of carbonyl (C=O) groups excluding carboxylic acids is 1. The van der Waals surface area contributed by atoms with Gasteiger partial charge in [0.15, 0.2) is 11.3 Å². The van der Waals surface area contributed by atoms with Gasteiger partial charge >= 0.3 is 5.69 Å². The van der Waals surface area contributed by atoms with E-state index in [0.717, 1.165) is 12.1 Å². The lowest BCUT2D eigenvalue weighted by Crippen LogP contribution is -2.31. The fourth-order valence-corrected chi connectivity index (χ4v) is 2.06. The Hall–Kier alpha value is -3.28. The van der Waals surface area contributed by atoms with E-state index in [1.807, 2.05) is 0 Å². The average Bonchev–Trinajstić information content (AvgIpc) is 2.55. The molecule has 0 aliphatic rings. The number of hydrogen-bond acceptors (Lipinski definition) is 7. The molecule has 1 aromatic rings. The number of benzene rings is 1. The van der Waals surface area contributed by atoms with E-state index in [0.29, 0.717) is 13.1 Å². The van der Waals surface area contributed by atoms with E-state index in [4.69, 9.17) is 4.74 Å². The second-order valence-corrected chi connectivity index (χ2v) is 4.61. The Morgan fingerprint density at radius 3 is 2.42 bits per heavy atom. The summed E-state index contributed by atoms with van der Waals surface area (Å²) >= 11 is 0. The number of hydrogen-bond donors (Lipinski definition) is 2. The van der Waals surface area contributed by atoms with Crippen LogP contribution in [0.2, 0.25) is 0 Å². The van der Waals surface area contributed by atoms with Crippen LogP contribution in [0, 0.1) is 21.4 Å². The first-order chi connectivity index (χ1) is 11.3. The smallest absolute Gasteiger partial charge is 0.311 e. The summed E-state index contributed by atoms with van der Waals surface area (Å²) in [7, 11) is 1.22.